The average molecular weight is 294 g/mol. The summed E-state index contributed by atoms with van der Waals surface area (Å²) in [6, 6.07) is 3.36. The van der Waals surface area contributed by atoms with E-state index in [0.29, 0.717) is 26.9 Å². The SMILES string of the molecule is S=c1nc(OCc2cc(Cl)nc(Cl)c2)s[nH]1. The first-order valence-electron chi connectivity index (χ1n) is 4.14. The molecule has 0 spiro atoms. The van der Waals surface area contributed by atoms with Gasteiger partial charge in [-0.1, -0.05) is 23.2 Å². The molecule has 0 amide bonds. The zero-order valence-electron chi connectivity index (χ0n) is 7.74. The lowest BCUT2D eigenvalue weighted by molar-refractivity contribution is 0.304. The summed E-state index contributed by atoms with van der Waals surface area (Å²) in [7, 11) is 0. The molecule has 0 fully saturated rings. The zero-order chi connectivity index (χ0) is 11.5. The predicted molar refractivity (Wildman–Crippen MR) is 65.9 cm³/mol. The fourth-order valence-corrected chi connectivity index (χ4v) is 2.27. The first-order valence-corrected chi connectivity index (χ1v) is 6.12. The smallest absolute Gasteiger partial charge is 0.292 e. The van der Waals surface area contributed by atoms with Crippen LogP contribution in [0.4, 0.5) is 0 Å². The van der Waals surface area contributed by atoms with Crippen LogP contribution in [0.1, 0.15) is 5.56 Å². The van der Waals surface area contributed by atoms with Crippen molar-refractivity contribution in [3.05, 3.63) is 32.8 Å². The maximum absolute atomic E-state index is 5.75. The number of H-pyrrole nitrogens is 1. The van der Waals surface area contributed by atoms with Gasteiger partial charge in [0.1, 0.15) is 16.9 Å². The number of pyridine rings is 1. The minimum absolute atomic E-state index is 0.318. The Hall–Kier alpha value is -0.690. The van der Waals surface area contributed by atoms with E-state index < -0.39 is 0 Å². The van der Waals surface area contributed by atoms with Crippen LogP contribution >= 0.6 is 47.0 Å². The fraction of sp³-hybridized carbons (Fsp3) is 0.125. The summed E-state index contributed by atoms with van der Waals surface area (Å²) in [6.45, 7) is 0.318. The Balaban J connectivity index is 2.07. The highest BCUT2D eigenvalue weighted by Crippen LogP contribution is 2.18. The van der Waals surface area contributed by atoms with Gasteiger partial charge in [-0.05, 0) is 41.4 Å². The molecule has 0 atom stereocenters. The van der Waals surface area contributed by atoms with Gasteiger partial charge in [-0.3, -0.25) is 4.37 Å². The van der Waals surface area contributed by atoms with Crippen LogP contribution < -0.4 is 4.74 Å². The number of hydrogen-bond donors (Lipinski definition) is 1. The second-order valence-electron chi connectivity index (χ2n) is 2.80. The first-order chi connectivity index (χ1) is 7.63. The predicted octanol–water partition coefficient (Wildman–Crippen LogP) is 3.48. The summed E-state index contributed by atoms with van der Waals surface area (Å²) in [5.41, 5.74) is 0.825. The Morgan fingerprint density at radius 1 is 1.31 bits per heavy atom. The molecule has 0 saturated heterocycles. The van der Waals surface area contributed by atoms with Crippen molar-refractivity contribution in [1.82, 2.24) is 14.3 Å². The lowest BCUT2D eigenvalue weighted by atomic mass is 10.3. The van der Waals surface area contributed by atoms with Crippen molar-refractivity contribution in [3.8, 4) is 5.19 Å². The molecule has 0 unspecified atom stereocenters. The maximum atomic E-state index is 5.75. The Morgan fingerprint density at radius 2 is 2.00 bits per heavy atom. The zero-order valence-corrected chi connectivity index (χ0v) is 10.9. The van der Waals surface area contributed by atoms with Crippen LogP contribution in [0.2, 0.25) is 10.3 Å². The van der Waals surface area contributed by atoms with Crippen molar-refractivity contribution in [2.45, 2.75) is 6.61 Å². The van der Waals surface area contributed by atoms with E-state index in [9.17, 15) is 0 Å². The summed E-state index contributed by atoms with van der Waals surface area (Å²) in [6.07, 6.45) is 0. The number of hydrogen-bond acceptors (Lipinski definition) is 5. The molecule has 0 aliphatic heterocycles. The molecule has 84 valence electrons. The van der Waals surface area contributed by atoms with E-state index in [1.54, 1.807) is 12.1 Å². The van der Waals surface area contributed by atoms with E-state index in [4.69, 9.17) is 40.2 Å². The summed E-state index contributed by atoms with van der Waals surface area (Å²) in [5.74, 6) is 0. The third kappa shape index (κ3) is 3.15. The lowest BCUT2D eigenvalue weighted by Crippen LogP contribution is -1.95. The summed E-state index contributed by atoms with van der Waals surface area (Å²) in [5, 5.41) is 1.15. The number of nitrogens with zero attached hydrogens (tertiary/aromatic N) is 2. The molecule has 2 aromatic heterocycles. The molecule has 0 aliphatic rings. The Labute approximate surface area is 110 Å². The highest BCUT2D eigenvalue weighted by molar-refractivity contribution is 7.71. The van der Waals surface area contributed by atoms with Crippen LogP contribution in [-0.4, -0.2) is 14.3 Å². The summed E-state index contributed by atoms with van der Waals surface area (Å²) < 4.78 is 8.58. The van der Waals surface area contributed by atoms with Gasteiger partial charge in [0.25, 0.3) is 5.19 Å². The van der Waals surface area contributed by atoms with Gasteiger partial charge in [0, 0.05) is 0 Å². The molecule has 16 heavy (non-hydrogen) atoms. The molecule has 2 aromatic rings. The van der Waals surface area contributed by atoms with Gasteiger partial charge in [0.05, 0.1) is 0 Å². The number of rotatable bonds is 3. The van der Waals surface area contributed by atoms with Crippen LogP contribution in [-0.2, 0) is 6.61 Å². The number of halogens is 2. The summed E-state index contributed by atoms with van der Waals surface area (Å²) >= 11 is 17.5. The molecule has 8 heteroatoms. The second kappa shape index (κ2) is 5.09. The molecule has 0 aliphatic carbocycles. The molecule has 1 N–H and O–H groups in total. The Morgan fingerprint density at radius 3 is 2.56 bits per heavy atom. The van der Waals surface area contributed by atoms with Crippen molar-refractivity contribution in [2.24, 2.45) is 0 Å². The van der Waals surface area contributed by atoms with Crippen LogP contribution in [0.5, 0.6) is 5.19 Å². The van der Waals surface area contributed by atoms with Crippen molar-refractivity contribution >= 4 is 47.0 Å². The molecule has 0 bridgehead atoms. The number of ether oxygens (including phenoxy) is 1. The van der Waals surface area contributed by atoms with Gasteiger partial charge < -0.3 is 4.74 Å². The first kappa shape index (κ1) is 11.8. The van der Waals surface area contributed by atoms with E-state index in [-0.39, 0.29) is 0 Å². The number of nitrogens with one attached hydrogen (secondary N) is 1. The molecule has 0 aromatic carbocycles. The van der Waals surface area contributed by atoms with Gasteiger partial charge in [0.15, 0.2) is 0 Å². The van der Waals surface area contributed by atoms with E-state index in [2.05, 4.69) is 14.3 Å². The monoisotopic (exact) mass is 293 g/mol. The summed E-state index contributed by atoms with van der Waals surface area (Å²) in [4.78, 5) is 7.78. The third-order valence-electron chi connectivity index (χ3n) is 1.60. The van der Waals surface area contributed by atoms with E-state index in [1.165, 1.54) is 11.5 Å². The molecule has 0 saturated carbocycles. The largest absolute Gasteiger partial charge is 0.464 e. The van der Waals surface area contributed by atoms with Crippen molar-refractivity contribution < 1.29 is 4.74 Å². The van der Waals surface area contributed by atoms with E-state index in [0.717, 1.165) is 5.56 Å². The van der Waals surface area contributed by atoms with Gasteiger partial charge in [-0.2, -0.15) is 4.98 Å². The van der Waals surface area contributed by atoms with Gasteiger partial charge >= 0.3 is 0 Å². The van der Waals surface area contributed by atoms with Gasteiger partial charge in [-0.15, -0.1) is 0 Å². The Kier molecular flexibility index (Phi) is 3.75. The number of aromatic nitrogens is 3. The van der Waals surface area contributed by atoms with Crippen molar-refractivity contribution in [1.29, 1.82) is 0 Å². The standard InChI is InChI=1S/C8H5Cl2N3OS2/c9-5-1-4(2-6(10)11-5)3-14-8-12-7(15)13-16-8/h1-2H,3H2,(H,13,15). The normalized spacial score (nSPS) is 10.4. The fourth-order valence-electron chi connectivity index (χ4n) is 1.02. The number of aromatic amines is 1. The van der Waals surface area contributed by atoms with Gasteiger partial charge in [0.2, 0.25) is 4.77 Å². The maximum Gasteiger partial charge on any atom is 0.292 e. The van der Waals surface area contributed by atoms with E-state index in [1.807, 2.05) is 0 Å². The van der Waals surface area contributed by atoms with Crippen LogP contribution in [0.15, 0.2) is 12.1 Å². The highest BCUT2D eigenvalue weighted by atomic mass is 35.5. The van der Waals surface area contributed by atoms with Crippen molar-refractivity contribution in [3.63, 3.8) is 0 Å². The molecular weight excluding hydrogens is 289 g/mol. The van der Waals surface area contributed by atoms with Crippen LogP contribution in [0, 0.1) is 4.77 Å². The molecular formula is C8H5Cl2N3OS2. The molecule has 0 radical (unpaired) electrons. The van der Waals surface area contributed by atoms with E-state index >= 15 is 0 Å². The third-order valence-corrected chi connectivity index (χ3v) is 2.99. The Bertz CT molecular complexity index is 534. The molecule has 4 nitrogen and oxygen atoms in total. The van der Waals surface area contributed by atoms with Crippen molar-refractivity contribution in [2.75, 3.05) is 0 Å². The molecule has 2 heterocycles. The quantitative estimate of drug-likeness (QED) is 0.695. The van der Waals surface area contributed by atoms with Gasteiger partial charge in [-0.25, -0.2) is 4.98 Å². The molecule has 2 rings (SSSR count). The average Bonchev–Trinajstić information content (AvgIpc) is 2.60. The highest BCUT2D eigenvalue weighted by Gasteiger charge is 2.02. The van der Waals surface area contributed by atoms with Crippen LogP contribution in [0.3, 0.4) is 0 Å². The minimum atomic E-state index is 0.318. The topological polar surface area (TPSA) is 50.8 Å². The minimum Gasteiger partial charge on any atom is -0.464 e. The second-order valence-corrected chi connectivity index (χ2v) is 4.72. The van der Waals surface area contributed by atoms with Crippen LogP contribution in [0.25, 0.3) is 0 Å². The lowest BCUT2D eigenvalue weighted by Gasteiger charge is -2.02.